The summed E-state index contributed by atoms with van der Waals surface area (Å²) in [6.45, 7) is 2.06. The summed E-state index contributed by atoms with van der Waals surface area (Å²) in [5, 5.41) is 1.97. The van der Waals surface area contributed by atoms with Gasteiger partial charge in [0, 0.05) is 21.0 Å². The number of esters is 1. The molecular weight excluding hydrogens is 323 g/mol. The van der Waals surface area contributed by atoms with Crippen molar-refractivity contribution in [3.63, 3.8) is 0 Å². The van der Waals surface area contributed by atoms with Crippen LogP contribution in [0.5, 0.6) is 0 Å². The van der Waals surface area contributed by atoms with Crippen LogP contribution in [-0.2, 0) is 4.74 Å². The smallest absolute Gasteiger partial charge is 0.374 e. The minimum atomic E-state index is -0.468. The Labute approximate surface area is 137 Å². The van der Waals surface area contributed by atoms with Crippen molar-refractivity contribution in [2.45, 2.75) is 6.92 Å². The number of halogens is 2. The van der Waals surface area contributed by atoms with Gasteiger partial charge >= 0.3 is 5.97 Å². The summed E-state index contributed by atoms with van der Waals surface area (Å²) in [5.41, 5.74) is 2.34. The van der Waals surface area contributed by atoms with Crippen LogP contribution in [0.3, 0.4) is 0 Å². The molecule has 2 aromatic carbocycles. The van der Waals surface area contributed by atoms with Crippen molar-refractivity contribution >= 4 is 40.1 Å². The molecule has 0 spiro atoms. The van der Waals surface area contributed by atoms with Crippen molar-refractivity contribution in [2.24, 2.45) is 0 Å². The molecule has 1 aromatic heterocycles. The second-order valence-corrected chi connectivity index (χ2v) is 5.55. The fourth-order valence-corrected chi connectivity index (χ4v) is 2.74. The van der Waals surface area contributed by atoms with Crippen LogP contribution in [-0.4, -0.2) is 12.6 Å². The molecule has 0 fully saturated rings. The molecule has 112 valence electrons. The van der Waals surface area contributed by atoms with Gasteiger partial charge in [0.05, 0.1) is 6.61 Å². The average molecular weight is 335 g/mol. The zero-order valence-corrected chi connectivity index (χ0v) is 13.2. The van der Waals surface area contributed by atoms with Crippen LogP contribution in [0.2, 0.25) is 10.0 Å². The maximum absolute atomic E-state index is 11.7. The lowest BCUT2D eigenvalue weighted by atomic mass is 10.0. The molecule has 3 aromatic rings. The van der Waals surface area contributed by atoms with Crippen LogP contribution in [0, 0.1) is 0 Å². The number of fused-ring (bicyclic) bond motifs is 1. The number of benzene rings is 2. The van der Waals surface area contributed by atoms with Gasteiger partial charge in [0.25, 0.3) is 0 Å². The van der Waals surface area contributed by atoms with Crippen molar-refractivity contribution in [2.75, 3.05) is 6.61 Å². The largest absolute Gasteiger partial charge is 0.460 e. The third-order valence-corrected chi connectivity index (χ3v) is 3.79. The molecule has 0 aliphatic rings. The Morgan fingerprint density at radius 1 is 1.14 bits per heavy atom. The molecule has 0 aliphatic carbocycles. The van der Waals surface area contributed by atoms with Gasteiger partial charge in [0.1, 0.15) is 5.58 Å². The quantitative estimate of drug-likeness (QED) is 0.586. The average Bonchev–Trinajstić information content (AvgIpc) is 2.90. The van der Waals surface area contributed by atoms with Crippen LogP contribution in [0.1, 0.15) is 17.5 Å². The van der Waals surface area contributed by atoms with Gasteiger partial charge in [0.15, 0.2) is 0 Å². The van der Waals surface area contributed by atoms with Crippen LogP contribution in [0.25, 0.3) is 22.1 Å². The highest BCUT2D eigenvalue weighted by Crippen LogP contribution is 2.33. The Balaban J connectivity index is 2.04. The molecule has 5 heteroatoms. The van der Waals surface area contributed by atoms with Crippen molar-refractivity contribution in [1.82, 2.24) is 0 Å². The third-order valence-electron chi connectivity index (χ3n) is 3.24. The molecule has 0 aliphatic heterocycles. The first kappa shape index (κ1) is 14.9. The fraction of sp³-hybridized carbons (Fsp3) is 0.118. The van der Waals surface area contributed by atoms with Gasteiger partial charge in [-0.1, -0.05) is 41.4 Å². The SMILES string of the molecule is CCOC(=O)c1cc2ccc(-c3ccc(Cl)cc3Cl)cc2o1. The summed E-state index contributed by atoms with van der Waals surface area (Å²) < 4.78 is 10.5. The first-order valence-corrected chi connectivity index (χ1v) is 7.50. The van der Waals surface area contributed by atoms with Crippen molar-refractivity contribution in [1.29, 1.82) is 0 Å². The van der Waals surface area contributed by atoms with E-state index < -0.39 is 5.97 Å². The van der Waals surface area contributed by atoms with E-state index in [2.05, 4.69) is 0 Å². The second kappa shape index (κ2) is 6.03. The van der Waals surface area contributed by atoms with Gasteiger partial charge in [-0.05, 0) is 36.8 Å². The van der Waals surface area contributed by atoms with E-state index in [-0.39, 0.29) is 5.76 Å². The summed E-state index contributed by atoms with van der Waals surface area (Å²) in [6.07, 6.45) is 0. The summed E-state index contributed by atoms with van der Waals surface area (Å²) in [7, 11) is 0. The number of carbonyl (C=O) groups excluding carboxylic acids is 1. The van der Waals surface area contributed by atoms with E-state index in [1.54, 1.807) is 25.1 Å². The van der Waals surface area contributed by atoms with E-state index in [1.165, 1.54) is 0 Å². The highest BCUT2D eigenvalue weighted by Gasteiger charge is 2.14. The van der Waals surface area contributed by atoms with Crippen LogP contribution >= 0.6 is 23.2 Å². The lowest BCUT2D eigenvalue weighted by Crippen LogP contribution is -2.02. The first-order chi connectivity index (χ1) is 10.6. The Morgan fingerprint density at radius 2 is 1.95 bits per heavy atom. The molecule has 0 N–H and O–H groups in total. The zero-order valence-electron chi connectivity index (χ0n) is 11.7. The Bertz CT molecular complexity index is 852. The minimum Gasteiger partial charge on any atom is -0.460 e. The lowest BCUT2D eigenvalue weighted by molar-refractivity contribution is 0.0492. The fourth-order valence-electron chi connectivity index (χ4n) is 2.23. The number of carbonyl (C=O) groups is 1. The first-order valence-electron chi connectivity index (χ1n) is 6.74. The summed E-state index contributed by atoms with van der Waals surface area (Å²) >= 11 is 12.1. The van der Waals surface area contributed by atoms with Gasteiger partial charge in [-0.25, -0.2) is 4.79 Å². The maximum atomic E-state index is 11.7. The van der Waals surface area contributed by atoms with Gasteiger partial charge in [-0.3, -0.25) is 0 Å². The van der Waals surface area contributed by atoms with Gasteiger partial charge < -0.3 is 9.15 Å². The van der Waals surface area contributed by atoms with Gasteiger partial charge in [0.2, 0.25) is 5.76 Å². The molecule has 0 amide bonds. The maximum Gasteiger partial charge on any atom is 0.374 e. The summed E-state index contributed by atoms with van der Waals surface area (Å²) in [5.74, 6) is -0.277. The van der Waals surface area contributed by atoms with E-state index in [1.807, 2.05) is 24.3 Å². The molecule has 3 rings (SSSR count). The predicted octanol–water partition coefficient (Wildman–Crippen LogP) is 5.58. The molecular formula is C17H12Cl2O3. The number of hydrogen-bond donors (Lipinski definition) is 0. The highest BCUT2D eigenvalue weighted by molar-refractivity contribution is 6.36. The van der Waals surface area contributed by atoms with E-state index in [0.29, 0.717) is 22.2 Å². The van der Waals surface area contributed by atoms with E-state index in [4.69, 9.17) is 32.4 Å². The minimum absolute atomic E-state index is 0.191. The highest BCUT2D eigenvalue weighted by atomic mass is 35.5. The van der Waals surface area contributed by atoms with Crippen LogP contribution in [0.4, 0.5) is 0 Å². The third kappa shape index (κ3) is 2.82. The summed E-state index contributed by atoms with van der Waals surface area (Å²) in [4.78, 5) is 11.7. The number of rotatable bonds is 3. The molecule has 0 atom stereocenters. The predicted molar refractivity (Wildman–Crippen MR) is 87.6 cm³/mol. The standard InChI is InChI=1S/C17H12Cl2O3/c1-2-21-17(20)16-8-11-4-3-10(7-15(11)22-16)13-6-5-12(18)9-14(13)19/h3-9H,2H2,1H3. The molecule has 0 saturated heterocycles. The van der Waals surface area contributed by atoms with Crippen molar-refractivity contribution < 1.29 is 13.9 Å². The monoisotopic (exact) mass is 334 g/mol. The molecule has 0 saturated carbocycles. The molecule has 1 heterocycles. The van der Waals surface area contributed by atoms with Crippen LogP contribution in [0.15, 0.2) is 46.9 Å². The van der Waals surface area contributed by atoms with Crippen molar-refractivity contribution in [3.8, 4) is 11.1 Å². The van der Waals surface area contributed by atoms with E-state index in [9.17, 15) is 4.79 Å². The Hall–Kier alpha value is -1.97. The molecule has 22 heavy (non-hydrogen) atoms. The second-order valence-electron chi connectivity index (χ2n) is 4.71. The topological polar surface area (TPSA) is 39.4 Å². The van der Waals surface area contributed by atoms with E-state index >= 15 is 0 Å². The van der Waals surface area contributed by atoms with E-state index in [0.717, 1.165) is 16.5 Å². The number of ether oxygens (including phenoxy) is 1. The van der Waals surface area contributed by atoms with Crippen molar-refractivity contribution in [3.05, 3.63) is 58.3 Å². The van der Waals surface area contributed by atoms with Gasteiger partial charge in [-0.15, -0.1) is 0 Å². The zero-order chi connectivity index (χ0) is 15.7. The molecule has 0 radical (unpaired) electrons. The normalized spacial score (nSPS) is 10.9. The van der Waals surface area contributed by atoms with Gasteiger partial charge in [-0.2, -0.15) is 0 Å². The van der Waals surface area contributed by atoms with Crippen LogP contribution < -0.4 is 0 Å². The number of hydrogen-bond acceptors (Lipinski definition) is 3. The molecule has 0 bridgehead atoms. The lowest BCUT2D eigenvalue weighted by Gasteiger charge is -2.04. The molecule has 3 nitrogen and oxygen atoms in total. The Kier molecular flexibility index (Phi) is 4.10. The number of furan rings is 1. The molecule has 0 unspecified atom stereocenters. The summed E-state index contributed by atoms with van der Waals surface area (Å²) in [6, 6.07) is 12.6. The Morgan fingerprint density at radius 3 is 2.68 bits per heavy atom.